The Hall–Kier alpha value is -3.69. The van der Waals surface area contributed by atoms with E-state index in [4.69, 9.17) is 14.2 Å². The summed E-state index contributed by atoms with van der Waals surface area (Å²) in [5.41, 5.74) is 0.964. The predicted molar refractivity (Wildman–Crippen MR) is 131 cm³/mol. The molecule has 2 aromatic carbocycles. The van der Waals surface area contributed by atoms with E-state index in [1.807, 2.05) is 54.6 Å². The zero-order valence-corrected chi connectivity index (χ0v) is 19.8. The number of para-hydroxylation sites is 1. The molecule has 184 valence electrons. The lowest BCUT2D eigenvalue weighted by Gasteiger charge is -2.35. The number of methoxy groups -OCH3 is 1. The minimum Gasteiger partial charge on any atom is -0.497 e. The number of aromatic nitrogens is 2. The van der Waals surface area contributed by atoms with E-state index in [2.05, 4.69) is 15.3 Å². The third-order valence-electron chi connectivity index (χ3n) is 5.86. The molecule has 0 saturated carbocycles. The number of nitrogens with one attached hydrogen (secondary N) is 1. The van der Waals surface area contributed by atoms with Crippen LogP contribution in [0, 0.1) is 0 Å². The number of carbonyl (C=O) groups excluding carboxylic acids is 1. The lowest BCUT2D eigenvalue weighted by atomic mass is 10.0. The van der Waals surface area contributed by atoms with Crippen LogP contribution in [0.25, 0.3) is 0 Å². The van der Waals surface area contributed by atoms with E-state index >= 15 is 0 Å². The molecular formula is C26H30N4O5. The fourth-order valence-corrected chi connectivity index (χ4v) is 3.95. The normalized spacial score (nSPS) is 14.8. The van der Waals surface area contributed by atoms with E-state index in [0.29, 0.717) is 25.5 Å². The van der Waals surface area contributed by atoms with Gasteiger partial charge in [0.2, 0.25) is 0 Å². The number of ether oxygens (including phenoxy) is 3. The molecule has 9 nitrogen and oxygen atoms in total. The van der Waals surface area contributed by atoms with Crippen molar-refractivity contribution in [1.82, 2.24) is 20.0 Å². The number of hydrogen-bond donors (Lipinski definition) is 1. The van der Waals surface area contributed by atoms with Crippen LogP contribution >= 0.6 is 0 Å². The number of rotatable bonds is 10. The van der Waals surface area contributed by atoms with Gasteiger partial charge >= 0.3 is 0 Å². The summed E-state index contributed by atoms with van der Waals surface area (Å²) in [5, 5.41) is 7.24. The van der Waals surface area contributed by atoms with Gasteiger partial charge in [-0.1, -0.05) is 30.3 Å². The Morgan fingerprint density at radius 2 is 1.77 bits per heavy atom. The summed E-state index contributed by atoms with van der Waals surface area (Å²) in [5.74, 6) is 1.15. The summed E-state index contributed by atoms with van der Waals surface area (Å²) in [7, 11) is 1.63. The second kappa shape index (κ2) is 12.1. The van der Waals surface area contributed by atoms with Gasteiger partial charge < -0.3 is 19.5 Å². The first kappa shape index (κ1) is 24.4. The van der Waals surface area contributed by atoms with Gasteiger partial charge in [0.25, 0.3) is 11.5 Å². The minimum absolute atomic E-state index is 0.0288. The van der Waals surface area contributed by atoms with Gasteiger partial charge in [0.1, 0.15) is 23.8 Å². The monoisotopic (exact) mass is 478 g/mol. The van der Waals surface area contributed by atoms with Crippen molar-refractivity contribution in [3.05, 3.63) is 88.3 Å². The fraction of sp³-hybridized carbons (Fsp3) is 0.346. The number of carbonyl (C=O) groups is 1. The van der Waals surface area contributed by atoms with Gasteiger partial charge in [-0.05, 0) is 35.9 Å². The highest BCUT2D eigenvalue weighted by atomic mass is 16.5. The molecule has 1 aliphatic rings. The molecule has 1 unspecified atom stereocenters. The number of hydrogen-bond acceptors (Lipinski definition) is 7. The number of nitrogens with zero attached hydrogens (tertiary/aromatic N) is 3. The summed E-state index contributed by atoms with van der Waals surface area (Å²) >= 11 is 0. The molecule has 1 fully saturated rings. The zero-order valence-electron chi connectivity index (χ0n) is 19.8. The van der Waals surface area contributed by atoms with Gasteiger partial charge in [-0.2, -0.15) is 5.10 Å². The molecule has 0 aliphatic carbocycles. The zero-order chi connectivity index (χ0) is 24.5. The third kappa shape index (κ3) is 6.68. The molecular weight excluding hydrogens is 448 g/mol. The molecule has 1 aromatic heterocycles. The maximum atomic E-state index is 12.9. The first-order valence-corrected chi connectivity index (χ1v) is 11.6. The van der Waals surface area contributed by atoms with Crippen LogP contribution in [0.2, 0.25) is 0 Å². The van der Waals surface area contributed by atoms with Crippen LogP contribution in [-0.2, 0) is 11.3 Å². The highest BCUT2D eigenvalue weighted by Gasteiger charge is 2.24. The summed E-state index contributed by atoms with van der Waals surface area (Å²) in [4.78, 5) is 27.5. The van der Waals surface area contributed by atoms with Crippen LogP contribution in [0.5, 0.6) is 11.5 Å². The van der Waals surface area contributed by atoms with Crippen molar-refractivity contribution in [3.8, 4) is 11.5 Å². The summed E-state index contributed by atoms with van der Waals surface area (Å²) in [6.07, 6.45) is 0. The largest absolute Gasteiger partial charge is 0.497 e. The average molecular weight is 479 g/mol. The quantitative estimate of drug-likeness (QED) is 0.477. The van der Waals surface area contributed by atoms with Gasteiger partial charge in [-0.3, -0.25) is 14.5 Å². The molecule has 1 aliphatic heterocycles. The molecule has 2 heterocycles. The summed E-state index contributed by atoms with van der Waals surface area (Å²) < 4.78 is 17.7. The topological polar surface area (TPSA) is 94.9 Å². The van der Waals surface area contributed by atoms with Gasteiger partial charge in [0, 0.05) is 25.7 Å². The van der Waals surface area contributed by atoms with Crippen LogP contribution in [0.15, 0.2) is 71.5 Å². The van der Waals surface area contributed by atoms with Gasteiger partial charge in [0.15, 0.2) is 0 Å². The van der Waals surface area contributed by atoms with Crippen molar-refractivity contribution in [2.24, 2.45) is 0 Å². The van der Waals surface area contributed by atoms with Crippen molar-refractivity contribution < 1.29 is 19.0 Å². The Labute approximate surface area is 204 Å². The molecule has 9 heteroatoms. The third-order valence-corrected chi connectivity index (χ3v) is 5.86. The molecule has 1 atom stereocenters. The van der Waals surface area contributed by atoms with Crippen LogP contribution in [0.1, 0.15) is 22.1 Å². The molecule has 35 heavy (non-hydrogen) atoms. The van der Waals surface area contributed by atoms with E-state index in [1.165, 1.54) is 16.8 Å². The van der Waals surface area contributed by atoms with Crippen molar-refractivity contribution in [2.45, 2.75) is 12.6 Å². The second-order valence-corrected chi connectivity index (χ2v) is 8.09. The molecule has 0 radical (unpaired) electrons. The average Bonchev–Trinajstić information content (AvgIpc) is 2.91. The lowest BCUT2D eigenvalue weighted by molar-refractivity contribution is 0.0162. The maximum Gasteiger partial charge on any atom is 0.271 e. The first-order chi connectivity index (χ1) is 17.1. The summed E-state index contributed by atoms with van der Waals surface area (Å²) in [6, 6.07) is 20.0. The Morgan fingerprint density at radius 1 is 1.03 bits per heavy atom. The molecule has 1 saturated heterocycles. The molecule has 0 bridgehead atoms. The Bertz CT molecular complexity index is 1140. The Balaban J connectivity index is 1.41. The van der Waals surface area contributed by atoms with Gasteiger partial charge in [0.05, 0.1) is 32.9 Å². The van der Waals surface area contributed by atoms with Crippen LogP contribution < -0.4 is 20.3 Å². The Morgan fingerprint density at radius 3 is 2.49 bits per heavy atom. The minimum atomic E-state index is -0.338. The van der Waals surface area contributed by atoms with Gasteiger partial charge in [-0.25, -0.2) is 4.68 Å². The van der Waals surface area contributed by atoms with E-state index < -0.39 is 0 Å². The standard InChI is InChI=1S/C26H30N4O5/c1-33-21-9-7-20(8-10-21)24(29-13-16-34-17-14-29)19-27-26(32)23-11-12-25(31)30(28-23)15-18-35-22-5-3-2-4-6-22/h2-12,24H,13-19H2,1H3,(H,27,32). The molecule has 1 amide bonds. The Kier molecular flexibility index (Phi) is 8.48. The van der Waals surface area contributed by atoms with E-state index in [1.54, 1.807) is 7.11 Å². The predicted octanol–water partition coefficient (Wildman–Crippen LogP) is 2.13. The van der Waals surface area contributed by atoms with Crippen molar-refractivity contribution in [3.63, 3.8) is 0 Å². The summed E-state index contributed by atoms with van der Waals surface area (Å²) in [6.45, 7) is 3.74. The first-order valence-electron chi connectivity index (χ1n) is 11.6. The SMILES string of the molecule is COc1ccc(C(CNC(=O)c2ccc(=O)n(CCOc3ccccc3)n2)N2CCOCC2)cc1. The van der Waals surface area contributed by atoms with E-state index in [9.17, 15) is 9.59 Å². The van der Waals surface area contributed by atoms with Crippen molar-refractivity contribution >= 4 is 5.91 Å². The fourth-order valence-electron chi connectivity index (χ4n) is 3.95. The highest BCUT2D eigenvalue weighted by Crippen LogP contribution is 2.23. The number of morpholine rings is 1. The number of amides is 1. The van der Waals surface area contributed by atoms with Gasteiger partial charge in [-0.15, -0.1) is 0 Å². The van der Waals surface area contributed by atoms with Crippen LogP contribution in [0.3, 0.4) is 0 Å². The molecule has 0 spiro atoms. The second-order valence-electron chi connectivity index (χ2n) is 8.09. The van der Waals surface area contributed by atoms with Crippen LogP contribution in [0.4, 0.5) is 0 Å². The van der Waals surface area contributed by atoms with Crippen LogP contribution in [-0.4, -0.2) is 67.2 Å². The molecule has 1 N–H and O–H groups in total. The van der Waals surface area contributed by atoms with Crippen molar-refractivity contribution in [2.75, 3.05) is 46.6 Å². The van der Waals surface area contributed by atoms with E-state index in [0.717, 1.165) is 24.4 Å². The highest BCUT2D eigenvalue weighted by molar-refractivity contribution is 5.92. The molecule has 3 aromatic rings. The number of benzene rings is 2. The maximum absolute atomic E-state index is 12.9. The lowest BCUT2D eigenvalue weighted by Crippen LogP contribution is -2.44. The van der Waals surface area contributed by atoms with E-state index in [-0.39, 0.29) is 36.4 Å². The molecule has 4 rings (SSSR count). The van der Waals surface area contributed by atoms with Crippen molar-refractivity contribution in [1.29, 1.82) is 0 Å². The smallest absolute Gasteiger partial charge is 0.271 e.